The second kappa shape index (κ2) is 4.94. The fourth-order valence-electron chi connectivity index (χ4n) is 2.48. The summed E-state index contributed by atoms with van der Waals surface area (Å²) >= 11 is 0. The maximum absolute atomic E-state index is 14.1. The molecule has 4 heteroatoms. The molecular weight excluding hydrogens is 234 g/mol. The zero-order chi connectivity index (χ0) is 13.2. The van der Waals surface area contributed by atoms with E-state index >= 15 is 0 Å². The van der Waals surface area contributed by atoms with E-state index in [2.05, 4.69) is 6.92 Å². The molecule has 1 aliphatic heterocycles. The van der Waals surface area contributed by atoms with Crippen molar-refractivity contribution < 1.29 is 8.78 Å². The van der Waals surface area contributed by atoms with Gasteiger partial charge in [0, 0.05) is 12.1 Å². The molecule has 2 nitrogen and oxygen atoms in total. The number of benzene rings is 1. The lowest BCUT2D eigenvalue weighted by Gasteiger charge is -2.26. The minimum atomic E-state index is -2.79. The Balaban J connectivity index is 2.02. The van der Waals surface area contributed by atoms with Crippen LogP contribution < -0.4 is 5.73 Å². The normalized spacial score (nSPS) is 25.6. The van der Waals surface area contributed by atoms with Crippen molar-refractivity contribution >= 4 is 0 Å². The van der Waals surface area contributed by atoms with E-state index in [0.717, 1.165) is 6.42 Å². The molecule has 0 amide bonds. The third-order valence-corrected chi connectivity index (χ3v) is 3.75. The molecule has 1 heterocycles. The fraction of sp³-hybridized carbons (Fsp3) is 0.571. The van der Waals surface area contributed by atoms with Gasteiger partial charge in [0.25, 0.3) is 5.92 Å². The van der Waals surface area contributed by atoms with E-state index in [1.807, 2.05) is 4.90 Å². The molecule has 1 aromatic rings. The summed E-state index contributed by atoms with van der Waals surface area (Å²) < 4.78 is 28.2. The van der Waals surface area contributed by atoms with Crippen molar-refractivity contribution in [1.29, 1.82) is 0 Å². The van der Waals surface area contributed by atoms with Crippen molar-refractivity contribution in [3.05, 3.63) is 35.9 Å². The molecule has 100 valence electrons. The lowest BCUT2D eigenvalue weighted by molar-refractivity contribution is -0.0345. The standard InChI is InChI=1S/C14H20F2N2/c1-13(9-17)7-8-18(10-13)11-14(15,16)12-5-3-2-4-6-12/h2-6H,7-11,17H2,1H3. The second-order valence-corrected chi connectivity index (χ2v) is 5.55. The monoisotopic (exact) mass is 254 g/mol. The van der Waals surface area contributed by atoms with Gasteiger partial charge in [-0.05, 0) is 24.9 Å². The second-order valence-electron chi connectivity index (χ2n) is 5.55. The Hall–Kier alpha value is -1.00. The van der Waals surface area contributed by atoms with Crippen LogP contribution in [-0.4, -0.2) is 31.1 Å². The first-order valence-corrected chi connectivity index (χ1v) is 6.31. The summed E-state index contributed by atoms with van der Waals surface area (Å²) in [7, 11) is 0. The van der Waals surface area contributed by atoms with Gasteiger partial charge in [-0.15, -0.1) is 0 Å². The molecule has 18 heavy (non-hydrogen) atoms. The van der Waals surface area contributed by atoms with E-state index < -0.39 is 5.92 Å². The quantitative estimate of drug-likeness (QED) is 0.894. The molecule has 0 radical (unpaired) electrons. The minimum Gasteiger partial charge on any atom is -0.330 e. The summed E-state index contributed by atoms with van der Waals surface area (Å²) in [6.07, 6.45) is 0.897. The van der Waals surface area contributed by atoms with Crippen LogP contribution in [-0.2, 0) is 5.92 Å². The first-order chi connectivity index (χ1) is 8.45. The molecule has 1 aliphatic rings. The number of hydrogen-bond donors (Lipinski definition) is 1. The maximum Gasteiger partial charge on any atom is 0.285 e. The van der Waals surface area contributed by atoms with Crippen LogP contribution >= 0.6 is 0 Å². The summed E-state index contributed by atoms with van der Waals surface area (Å²) in [4.78, 5) is 1.82. The minimum absolute atomic E-state index is 0.00717. The molecule has 1 fully saturated rings. The summed E-state index contributed by atoms with van der Waals surface area (Å²) in [6.45, 7) is 3.77. The summed E-state index contributed by atoms with van der Waals surface area (Å²) in [6, 6.07) is 8.02. The number of nitrogens with zero attached hydrogens (tertiary/aromatic N) is 1. The SMILES string of the molecule is CC1(CN)CCN(CC(F)(F)c2ccccc2)C1. The first kappa shape index (κ1) is 13.4. The van der Waals surface area contributed by atoms with E-state index in [9.17, 15) is 8.78 Å². The third-order valence-electron chi connectivity index (χ3n) is 3.75. The summed E-state index contributed by atoms with van der Waals surface area (Å²) in [5.41, 5.74) is 5.77. The van der Waals surface area contributed by atoms with Gasteiger partial charge in [-0.3, -0.25) is 4.90 Å². The molecule has 1 saturated heterocycles. The van der Waals surface area contributed by atoms with Gasteiger partial charge in [0.05, 0.1) is 6.54 Å². The highest BCUT2D eigenvalue weighted by atomic mass is 19.3. The van der Waals surface area contributed by atoms with Crippen LogP contribution in [0.3, 0.4) is 0 Å². The molecule has 1 atom stereocenters. The number of nitrogens with two attached hydrogens (primary N) is 1. The number of rotatable bonds is 4. The van der Waals surface area contributed by atoms with E-state index in [4.69, 9.17) is 5.73 Å². The van der Waals surface area contributed by atoms with Crippen molar-refractivity contribution in [2.45, 2.75) is 19.3 Å². The molecule has 0 saturated carbocycles. The average molecular weight is 254 g/mol. The summed E-state index contributed by atoms with van der Waals surface area (Å²) in [5.74, 6) is -2.79. The fourth-order valence-corrected chi connectivity index (χ4v) is 2.48. The first-order valence-electron chi connectivity index (χ1n) is 6.31. The molecule has 2 rings (SSSR count). The number of likely N-dealkylation sites (tertiary alicyclic amines) is 1. The van der Waals surface area contributed by atoms with Crippen molar-refractivity contribution in [2.24, 2.45) is 11.1 Å². The van der Waals surface area contributed by atoms with Gasteiger partial charge in [0.15, 0.2) is 0 Å². The number of halogens is 2. The van der Waals surface area contributed by atoms with Crippen LogP contribution in [0.2, 0.25) is 0 Å². The molecule has 0 bridgehead atoms. The van der Waals surface area contributed by atoms with Crippen LogP contribution in [0.1, 0.15) is 18.9 Å². The third kappa shape index (κ3) is 2.87. The van der Waals surface area contributed by atoms with E-state index in [1.165, 1.54) is 12.1 Å². The van der Waals surface area contributed by atoms with Crippen LogP contribution in [0.25, 0.3) is 0 Å². The van der Waals surface area contributed by atoms with Gasteiger partial charge in [-0.1, -0.05) is 37.3 Å². The van der Waals surface area contributed by atoms with Crippen molar-refractivity contribution in [1.82, 2.24) is 4.90 Å². The van der Waals surface area contributed by atoms with Crippen LogP contribution in [0.4, 0.5) is 8.78 Å². The van der Waals surface area contributed by atoms with Crippen molar-refractivity contribution in [2.75, 3.05) is 26.2 Å². The van der Waals surface area contributed by atoms with Gasteiger partial charge in [-0.25, -0.2) is 0 Å². The highest BCUT2D eigenvalue weighted by molar-refractivity contribution is 5.20. The van der Waals surface area contributed by atoms with E-state index in [-0.39, 0.29) is 17.5 Å². The Bertz CT molecular complexity index is 394. The average Bonchev–Trinajstić information content (AvgIpc) is 2.72. The van der Waals surface area contributed by atoms with Gasteiger partial charge in [0.1, 0.15) is 0 Å². The number of alkyl halides is 2. The highest BCUT2D eigenvalue weighted by Crippen LogP contribution is 2.34. The van der Waals surface area contributed by atoms with Crippen LogP contribution in [0.5, 0.6) is 0 Å². The topological polar surface area (TPSA) is 29.3 Å². The highest BCUT2D eigenvalue weighted by Gasteiger charge is 2.39. The predicted molar refractivity (Wildman–Crippen MR) is 68.6 cm³/mol. The Kier molecular flexibility index (Phi) is 3.69. The lowest BCUT2D eigenvalue weighted by atomic mass is 9.90. The molecular formula is C14H20F2N2. The molecule has 1 unspecified atom stereocenters. The van der Waals surface area contributed by atoms with E-state index in [1.54, 1.807) is 18.2 Å². The zero-order valence-electron chi connectivity index (χ0n) is 10.7. The largest absolute Gasteiger partial charge is 0.330 e. The Morgan fingerprint density at radius 1 is 1.33 bits per heavy atom. The van der Waals surface area contributed by atoms with Gasteiger partial charge >= 0.3 is 0 Å². The van der Waals surface area contributed by atoms with Gasteiger partial charge < -0.3 is 5.73 Å². The smallest absolute Gasteiger partial charge is 0.285 e. The molecule has 0 aliphatic carbocycles. The van der Waals surface area contributed by atoms with Crippen LogP contribution in [0.15, 0.2) is 30.3 Å². The Labute approximate surface area is 107 Å². The van der Waals surface area contributed by atoms with Gasteiger partial charge in [0.2, 0.25) is 0 Å². The molecule has 0 aromatic heterocycles. The van der Waals surface area contributed by atoms with Gasteiger partial charge in [-0.2, -0.15) is 8.78 Å². The van der Waals surface area contributed by atoms with Crippen molar-refractivity contribution in [3.63, 3.8) is 0 Å². The predicted octanol–water partition coefficient (Wildman–Crippen LogP) is 2.45. The van der Waals surface area contributed by atoms with E-state index in [0.29, 0.717) is 19.6 Å². The van der Waals surface area contributed by atoms with Crippen LogP contribution in [0, 0.1) is 5.41 Å². The Morgan fingerprint density at radius 3 is 2.56 bits per heavy atom. The molecule has 2 N–H and O–H groups in total. The maximum atomic E-state index is 14.1. The zero-order valence-corrected chi connectivity index (χ0v) is 10.7. The Morgan fingerprint density at radius 2 is 2.00 bits per heavy atom. The molecule has 0 spiro atoms. The lowest BCUT2D eigenvalue weighted by Crippen LogP contribution is -2.37. The molecule has 1 aromatic carbocycles. The number of hydrogen-bond acceptors (Lipinski definition) is 2. The van der Waals surface area contributed by atoms with Crippen molar-refractivity contribution in [3.8, 4) is 0 Å². The summed E-state index contributed by atoms with van der Waals surface area (Å²) in [5, 5.41) is 0.